The van der Waals surface area contributed by atoms with Crippen molar-refractivity contribution < 1.29 is 32.3 Å². The number of imide groups is 1. The monoisotopic (exact) mass is 570 g/mol. The smallest absolute Gasteiger partial charge is 0.337 e. The number of nitrogens with one attached hydrogen (secondary N) is 2. The SMILES string of the molecule is COC(=O)C1=C(C)NC(=O)N(C(=O)N[C@@H]2CCN(C3CCC(c4ccc(F)cc4)CC3)C2)[C@H]1c1ccc(F)c(F)c1. The number of hydrogen-bond acceptors (Lipinski definition) is 5. The molecule has 0 bridgehead atoms. The number of amides is 4. The van der Waals surface area contributed by atoms with E-state index in [0.717, 1.165) is 61.9 Å². The van der Waals surface area contributed by atoms with Crippen LogP contribution in [0.1, 0.15) is 62.1 Å². The van der Waals surface area contributed by atoms with Crippen LogP contribution in [0.3, 0.4) is 0 Å². The number of urea groups is 2. The van der Waals surface area contributed by atoms with Crippen LogP contribution in [0.25, 0.3) is 0 Å². The van der Waals surface area contributed by atoms with Crippen LogP contribution >= 0.6 is 0 Å². The lowest BCUT2D eigenvalue weighted by Crippen LogP contribution is -2.56. The third kappa shape index (κ3) is 5.95. The molecule has 41 heavy (non-hydrogen) atoms. The van der Waals surface area contributed by atoms with Gasteiger partial charge in [0.25, 0.3) is 0 Å². The Morgan fingerprint density at radius 2 is 1.63 bits per heavy atom. The summed E-state index contributed by atoms with van der Waals surface area (Å²) < 4.78 is 46.1. The van der Waals surface area contributed by atoms with Gasteiger partial charge in [0, 0.05) is 30.9 Å². The van der Waals surface area contributed by atoms with E-state index in [2.05, 4.69) is 15.5 Å². The molecule has 0 unspecified atom stereocenters. The molecular weight excluding hydrogens is 537 g/mol. The normalized spacial score (nSPS) is 25.2. The predicted molar refractivity (Wildman–Crippen MR) is 144 cm³/mol. The summed E-state index contributed by atoms with van der Waals surface area (Å²) in [5.41, 5.74) is 1.31. The Morgan fingerprint density at radius 1 is 0.951 bits per heavy atom. The lowest BCUT2D eigenvalue weighted by Gasteiger charge is -2.37. The highest BCUT2D eigenvalue weighted by Crippen LogP contribution is 2.37. The summed E-state index contributed by atoms with van der Waals surface area (Å²) >= 11 is 0. The number of hydrogen-bond donors (Lipinski definition) is 2. The molecule has 2 N–H and O–H groups in total. The third-order valence-electron chi connectivity index (χ3n) is 8.43. The summed E-state index contributed by atoms with van der Waals surface area (Å²) in [5, 5.41) is 5.43. The Morgan fingerprint density at radius 3 is 2.29 bits per heavy atom. The lowest BCUT2D eigenvalue weighted by molar-refractivity contribution is -0.136. The minimum absolute atomic E-state index is 0.0552. The van der Waals surface area contributed by atoms with Crippen LogP contribution in [0, 0.1) is 17.5 Å². The van der Waals surface area contributed by atoms with Gasteiger partial charge in [-0.05, 0) is 80.3 Å². The fourth-order valence-corrected chi connectivity index (χ4v) is 6.31. The number of halogens is 3. The lowest BCUT2D eigenvalue weighted by atomic mass is 9.81. The maximum Gasteiger partial charge on any atom is 0.337 e. The fourth-order valence-electron chi connectivity index (χ4n) is 6.31. The van der Waals surface area contributed by atoms with E-state index in [0.29, 0.717) is 24.9 Å². The van der Waals surface area contributed by atoms with Crippen molar-refractivity contribution in [2.45, 2.75) is 63.1 Å². The van der Waals surface area contributed by atoms with Gasteiger partial charge < -0.3 is 15.4 Å². The summed E-state index contributed by atoms with van der Waals surface area (Å²) in [5.74, 6) is -2.91. The minimum Gasteiger partial charge on any atom is -0.466 e. The van der Waals surface area contributed by atoms with Gasteiger partial charge in [0.1, 0.15) is 11.9 Å². The molecule has 1 aliphatic carbocycles. The number of likely N-dealkylation sites (tertiary alicyclic amines) is 1. The van der Waals surface area contributed by atoms with E-state index in [-0.39, 0.29) is 28.7 Å². The molecule has 3 aliphatic rings. The second kappa shape index (κ2) is 11.9. The fraction of sp³-hybridized carbons (Fsp3) is 0.433. The van der Waals surface area contributed by atoms with E-state index >= 15 is 0 Å². The second-order valence-electron chi connectivity index (χ2n) is 10.9. The van der Waals surface area contributed by atoms with Crippen molar-refractivity contribution in [1.82, 2.24) is 20.4 Å². The maximum absolute atomic E-state index is 14.2. The van der Waals surface area contributed by atoms with Crippen molar-refractivity contribution in [3.8, 4) is 0 Å². The summed E-state index contributed by atoms with van der Waals surface area (Å²) in [6.07, 6.45) is 4.64. The molecule has 0 aromatic heterocycles. The van der Waals surface area contributed by atoms with E-state index < -0.39 is 35.7 Å². The molecule has 8 nitrogen and oxygen atoms in total. The number of methoxy groups -OCH3 is 1. The first kappa shape index (κ1) is 28.7. The number of ether oxygens (including phenoxy) is 1. The number of rotatable bonds is 5. The van der Waals surface area contributed by atoms with Crippen LogP contribution < -0.4 is 10.6 Å². The molecule has 2 heterocycles. The number of carbonyl (C=O) groups excluding carboxylic acids is 3. The summed E-state index contributed by atoms with van der Waals surface area (Å²) in [6, 6.07) is 6.95. The molecule has 4 amide bonds. The summed E-state index contributed by atoms with van der Waals surface area (Å²) in [7, 11) is 1.16. The van der Waals surface area contributed by atoms with Crippen molar-refractivity contribution in [3.05, 3.63) is 82.3 Å². The Labute approximate surface area is 236 Å². The van der Waals surface area contributed by atoms with Crippen LogP contribution in [0.5, 0.6) is 0 Å². The first-order valence-electron chi connectivity index (χ1n) is 13.8. The molecule has 1 saturated heterocycles. The molecule has 11 heteroatoms. The van der Waals surface area contributed by atoms with Gasteiger partial charge in [0.05, 0.1) is 12.7 Å². The average molecular weight is 571 g/mol. The van der Waals surface area contributed by atoms with Gasteiger partial charge in [-0.25, -0.2) is 32.5 Å². The molecule has 218 valence electrons. The number of allylic oxidation sites excluding steroid dienone is 1. The molecule has 2 aromatic carbocycles. The molecule has 2 fully saturated rings. The molecule has 0 spiro atoms. The Kier molecular flexibility index (Phi) is 8.35. The molecule has 2 aliphatic heterocycles. The molecule has 5 rings (SSSR count). The minimum atomic E-state index is -1.31. The Balaban J connectivity index is 1.27. The van der Waals surface area contributed by atoms with Crippen LogP contribution in [0.2, 0.25) is 0 Å². The van der Waals surface area contributed by atoms with E-state index in [4.69, 9.17) is 4.74 Å². The van der Waals surface area contributed by atoms with Crippen molar-refractivity contribution in [2.75, 3.05) is 20.2 Å². The van der Waals surface area contributed by atoms with Gasteiger partial charge in [-0.3, -0.25) is 4.90 Å². The Bertz CT molecular complexity index is 1360. The first-order chi connectivity index (χ1) is 19.7. The van der Waals surface area contributed by atoms with E-state index in [1.54, 1.807) is 0 Å². The molecule has 2 aromatic rings. The van der Waals surface area contributed by atoms with Gasteiger partial charge >= 0.3 is 18.0 Å². The maximum atomic E-state index is 14.2. The summed E-state index contributed by atoms with van der Waals surface area (Å²) in [6.45, 7) is 2.86. The van der Waals surface area contributed by atoms with Crippen LogP contribution in [0.4, 0.5) is 22.8 Å². The number of benzene rings is 2. The van der Waals surface area contributed by atoms with Gasteiger partial charge in [0.2, 0.25) is 0 Å². The van der Waals surface area contributed by atoms with Crippen molar-refractivity contribution in [1.29, 1.82) is 0 Å². The Hall–Kier alpha value is -3.86. The van der Waals surface area contributed by atoms with Gasteiger partial charge in [-0.2, -0.15) is 0 Å². The van der Waals surface area contributed by atoms with Crippen molar-refractivity contribution in [2.24, 2.45) is 0 Å². The predicted octanol–water partition coefficient (Wildman–Crippen LogP) is 5.13. The standard InChI is InChI=1S/C30H33F3N4O4/c1-17-26(28(38)41-2)27(20-7-12-24(32)25(33)15-20)37(29(39)34-17)30(40)35-22-13-14-36(16-22)23-10-5-19(6-11-23)18-3-8-21(31)9-4-18/h3-4,7-9,12,15,19,22-23,27H,5-6,10-11,13-14,16H2,1-2H3,(H,34,39)(H,35,40)/t19?,22-,23?,27+/m1/s1. The van der Waals surface area contributed by atoms with E-state index in [1.807, 2.05) is 12.1 Å². The van der Waals surface area contributed by atoms with E-state index in [1.165, 1.54) is 25.1 Å². The number of esters is 1. The summed E-state index contributed by atoms with van der Waals surface area (Å²) in [4.78, 5) is 42.5. The van der Waals surface area contributed by atoms with Crippen molar-refractivity contribution >= 4 is 18.0 Å². The van der Waals surface area contributed by atoms with Gasteiger partial charge in [-0.1, -0.05) is 18.2 Å². The second-order valence-corrected chi connectivity index (χ2v) is 10.9. The number of nitrogens with zero attached hydrogens (tertiary/aromatic N) is 2. The van der Waals surface area contributed by atoms with Crippen LogP contribution in [0.15, 0.2) is 53.7 Å². The first-order valence-corrected chi connectivity index (χ1v) is 13.8. The van der Waals surface area contributed by atoms with Gasteiger partial charge in [0.15, 0.2) is 11.6 Å². The van der Waals surface area contributed by atoms with Crippen LogP contribution in [-0.2, 0) is 9.53 Å². The highest BCUT2D eigenvalue weighted by atomic mass is 19.2. The average Bonchev–Trinajstić information content (AvgIpc) is 3.42. The molecule has 2 atom stereocenters. The zero-order chi connectivity index (χ0) is 29.3. The zero-order valence-electron chi connectivity index (χ0n) is 23.0. The molecular formula is C30H33F3N4O4. The highest BCUT2D eigenvalue weighted by molar-refractivity contribution is 6.01. The zero-order valence-corrected chi connectivity index (χ0v) is 23.0. The van der Waals surface area contributed by atoms with Gasteiger partial charge in [-0.15, -0.1) is 0 Å². The number of carbonyl (C=O) groups is 3. The van der Waals surface area contributed by atoms with Crippen molar-refractivity contribution in [3.63, 3.8) is 0 Å². The van der Waals surface area contributed by atoms with Crippen LogP contribution in [-0.4, -0.2) is 60.1 Å². The largest absolute Gasteiger partial charge is 0.466 e. The topological polar surface area (TPSA) is 91.0 Å². The molecule has 0 radical (unpaired) electrons. The quantitative estimate of drug-likeness (QED) is 0.487. The van der Waals surface area contributed by atoms with E-state index in [9.17, 15) is 27.6 Å². The highest BCUT2D eigenvalue weighted by Gasteiger charge is 2.43. The molecule has 1 saturated carbocycles. The third-order valence-corrected chi connectivity index (χ3v) is 8.43.